The maximum absolute atomic E-state index is 14.0. The van der Waals surface area contributed by atoms with Crippen molar-refractivity contribution in [2.24, 2.45) is 11.7 Å². The zero-order chi connectivity index (χ0) is 90.3. The van der Waals surface area contributed by atoms with E-state index in [0.29, 0.717) is 97.5 Å². The van der Waals surface area contributed by atoms with Gasteiger partial charge in [-0.15, -0.1) is 11.3 Å². The number of H-pyrrole nitrogens is 1. The third kappa shape index (κ3) is 23.7. The molecule has 1 saturated carbocycles. The molecule has 3 fully saturated rings. The fourth-order valence-electron chi connectivity index (χ4n) is 15.3. The van der Waals surface area contributed by atoms with Gasteiger partial charge < -0.3 is 50.7 Å². The van der Waals surface area contributed by atoms with Gasteiger partial charge in [-0.2, -0.15) is 18.3 Å². The molecule has 656 valence electrons. The molecule has 0 unspecified atom stereocenters. The van der Waals surface area contributed by atoms with E-state index in [4.69, 9.17) is 26.8 Å². The maximum Gasteiger partial charge on any atom is 0.416 e. The maximum atomic E-state index is 14.0. The van der Waals surface area contributed by atoms with Crippen LogP contribution in [0.3, 0.4) is 0 Å². The Hall–Kier alpha value is -13.3. The number of methoxy groups -OCH3 is 1. The molecule has 6 aromatic heterocycles. The van der Waals surface area contributed by atoms with Gasteiger partial charge in [-0.25, -0.2) is 14.5 Å². The van der Waals surface area contributed by atoms with Gasteiger partial charge in [-0.05, 0) is 221 Å². The number of ketones is 3. The van der Waals surface area contributed by atoms with Gasteiger partial charge in [0, 0.05) is 194 Å². The summed E-state index contributed by atoms with van der Waals surface area (Å²) >= 11 is 7.93. The number of nitrogens with one attached hydrogen (secondary N) is 4. The summed E-state index contributed by atoms with van der Waals surface area (Å²) in [5.74, 6) is 7.38. The number of aryl methyl sites for hydroxylation is 3. The second kappa shape index (κ2) is 41.4. The molecule has 128 heavy (non-hydrogen) atoms. The lowest BCUT2D eigenvalue weighted by Crippen LogP contribution is -2.44. The average Bonchev–Trinajstić information content (AvgIpc) is 1.43. The number of hydrogen-bond acceptors (Lipinski definition) is 19. The number of benzene rings is 7. The van der Waals surface area contributed by atoms with Crippen molar-refractivity contribution in [3.8, 4) is 40.3 Å². The zero-order valence-corrected chi connectivity index (χ0v) is 74.0. The van der Waals surface area contributed by atoms with Crippen LogP contribution >= 0.6 is 22.9 Å². The molecule has 0 atom stereocenters. The van der Waals surface area contributed by atoms with E-state index in [1.54, 1.807) is 103 Å². The van der Waals surface area contributed by atoms with Crippen molar-refractivity contribution < 1.29 is 51.4 Å². The average molecular weight is 1760 g/mol. The monoisotopic (exact) mass is 1760 g/mol. The number of pyridine rings is 2. The van der Waals surface area contributed by atoms with Gasteiger partial charge in [-0.1, -0.05) is 84.3 Å². The van der Waals surface area contributed by atoms with Gasteiger partial charge in [0.15, 0.2) is 16.6 Å². The second-order valence-corrected chi connectivity index (χ2v) is 33.8. The van der Waals surface area contributed by atoms with Crippen molar-refractivity contribution in [1.29, 1.82) is 0 Å². The number of Topliss-reactive ketones (excluding diaryl/α,β-unsaturated/α-hetero) is 3. The summed E-state index contributed by atoms with van der Waals surface area (Å²) in [7, 11) is 5.64. The van der Waals surface area contributed by atoms with Crippen LogP contribution in [0.4, 0.5) is 35.4 Å². The number of primary amides is 1. The van der Waals surface area contributed by atoms with Crippen LogP contribution in [-0.2, 0) is 52.9 Å². The van der Waals surface area contributed by atoms with Crippen molar-refractivity contribution in [2.45, 2.75) is 98.8 Å². The molecular weight excluding hydrogens is 1660 g/mol. The van der Waals surface area contributed by atoms with Crippen molar-refractivity contribution in [3.05, 3.63) is 300 Å². The summed E-state index contributed by atoms with van der Waals surface area (Å²) in [4.78, 5) is 103. The first-order valence-electron chi connectivity index (χ1n) is 42.3. The molecule has 3 aliphatic heterocycles. The van der Waals surface area contributed by atoms with E-state index in [2.05, 4.69) is 91.7 Å². The molecule has 7 aromatic carbocycles. The summed E-state index contributed by atoms with van der Waals surface area (Å²) in [5, 5.41) is 17.4. The number of nitrogens with zero attached hydrogens (tertiary/aromatic N) is 10. The molecule has 17 rings (SSSR count). The molecule has 4 aliphatic rings. The number of ether oxygens (including phenoxy) is 2. The first-order chi connectivity index (χ1) is 61.6. The number of aromatic nitrogens is 7. The molecule has 0 spiro atoms. The minimum absolute atomic E-state index is 0.0804. The van der Waals surface area contributed by atoms with Gasteiger partial charge in [0.25, 0.3) is 17.7 Å². The molecule has 2 saturated heterocycles. The van der Waals surface area contributed by atoms with Gasteiger partial charge in [-0.3, -0.25) is 43.7 Å². The van der Waals surface area contributed by atoms with Crippen LogP contribution in [0.1, 0.15) is 142 Å². The number of carbonyl (C=O) groups is 6. The minimum Gasteiger partial charge on any atom is -0.496 e. The first kappa shape index (κ1) is 90.9. The number of aromatic amines is 1. The standard InChI is InChI=1S/C30H28F3N5O.C28H30N6OS.C23H21ClN2O4.C19H20N2O2/c1-21-5-7-24(18-23(21)9-10-26-19-34-29-4-3-11-35-38(26)29)28(39)17-22-6-8-25(27(16-22)30(31,32)33)20-37-14-12-36(2)13-15-37;1-20-5-10-24(16-25(20)31-28-32-26(19-36-28)23-4-3-11-29-17-23)30-27(35)22-8-6-21(7-9-22)18-34-14-12-33(2)13-15-34;1-29-22-12-20-17(11-18(22)23(25)28)21(6-7-26-20)30-16-5-4-14(19(24)10-16)9-15(27)8-13-2-3-13;1-11(22)8-9-14-12(2)18(20-13(14)3)10-16-15-6-4-5-7-17(15)21-19(16)23/h3-8,11,16,18-19H,12-15,17,20H2,1-2H3;3-11,16-17,19H,12-15,18H2,1-2H3,(H,30,35)(H,31,32);4-7,10-13H,2-3,8-9H2,1H3,(H2,25,28);4-7,10,20H,8-9H2,1-3H3,(H,21,23)/b;;;16-10-. The van der Waals surface area contributed by atoms with Crippen LogP contribution in [0.15, 0.2) is 200 Å². The number of alkyl halides is 3. The van der Waals surface area contributed by atoms with Gasteiger partial charge in [0.1, 0.15) is 34.5 Å². The number of imidazole rings is 1. The molecule has 6 N–H and O–H groups in total. The zero-order valence-electron chi connectivity index (χ0n) is 72.5. The molecule has 0 bridgehead atoms. The number of anilines is 4. The summed E-state index contributed by atoms with van der Waals surface area (Å²) < 4.78 is 54.8. The lowest BCUT2D eigenvalue weighted by Gasteiger charge is -2.33. The van der Waals surface area contributed by atoms with Gasteiger partial charge >= 0.3 is 6.18 Å². The highest BCUT2D eigenvalue weighted by Crippen LogP contribution is 2.40. The van der Waals surface area contributed by atoms with Crippen molar-refractivity contribution in [1.82, 2.24) is 54.1 Å². The molecule has 23 nitrogen and oxygen atoms in total. The Labute approximate surface area is 750 Å². The number of thiazole rings is 1. The van der Waals surface area contributed by atoms with Crippen LogP contribution in [-0.4, -0.2) is 163 Å². The summed E-state index contributed by atoms with van der Waals surface area (Å²) in [6.07, 6.45) is 10.2. The van der Waals surface area contributed by atoms with E-state index in [1.165, 1.54) is 35.6 Å². The SMILES string of the molecule is CC(=O)CCc1c(C)[nH]c(/C=C2\C(=O)Nc3ccccc32)c1C.COc1cc2nccc(Oc3ccc(CC(=O)CC4CC4)c(Cl)c3)c2cc1C(N)=O.Cc1ccc(C(=O)Cc2ccc(CN3CCN(C)CC3)c(C(F)(F)F)c2)cc1C#Cc1cnc2cccnn12.Cc1ccc(NC(=O)c2ccc(CN3CCN(C)CC3)cc2)cc1Nc1nc(-c2cccnc2)cs1. The largest absolute Gasteiger partial charge is 0.496 e. The van der Waals surface area contributed by atoms with Gasteiger partial charge in [0.05, 0.1) is 41.2 Å². The van der Waals surface area contributed by atoms with Crippen LogP contribution in [0, 0.1) is 45.5 Å². The smallest absolute Gasteiger partial charge is 0.416 e. The third-order valence-corrected chi connectivity index (χ3v) is 24.0. The number of piperazine rings is 2. The van der Waals surface area contributed by atoms with Crippen molar-refractivity contribution >= 4 is 108 Å². The number of likely N-dealkylation sites (N-methyl/N-ethyl adjacent to an activating group) is 2. The molecule has 9 heterocycles. The Balaban J connectivity index is 0.000000140. The van der Waals surface area contributed by atoms with Crippen molar-refractivity contribution in [2.75, 3.05) is 89.5 Å². The Morgan fingerprint density at radius 1 is 0.719 bits per heavy atom. The Morgan fingerprint density at radius 3 is 2.15 bits per heavy atom. The fraction of sp³-hybridized carbons (Fsp3) is 0.270. The molecule has 1 aliphatic carbocycles. The first-order valence-corrected chi connectivity index (χ1v) is 43.5. The predicted molar refractivity (Wildman–Crippen MR) is 496 cm³/mol. The Kier molecular flexibility index (Phi) is 29.4. The van der Waals surface area contributed by atoms with Crippen molar-refractivity contribution in [3.63, 3.8) is 0 Å². The highest BCUT2D eigenvalue weighted by molar-refractivity contribution is 7.14. The lowest BCUT2D eigenvalue weighted by molar-refractivity contribution is -0.138. The quantitative estimate of drug-likeness (QED) is 0.0213. The minimum atomic E-state index is -4.50. The highest BCUT2D eigenvalue weighted by atomic mass is 35.5. The molecular formula is C100H99ClF3N15O8S. The number of fused-ring (bicyclic) bond motifs is 3. The molecule has 0 radical (unpaired) electrons. The Bertz CT molecular complexity index is 6380. The molecule has 3 amide bonds. The number of carbonyl (C=O) groups excluding carboxylic acids is 6. The number of rotatable bonds is 24. The fourth-order valence-corrected chi connectivity index (χ4v) is 16.2. The molecule has 28 heteroatoms. The number of amides is 3. The van der Waals surface area contributed by atoms with E-state index >= 15 is 0 Å². The number of nitrogens with two attached hydrogens (primary N) is 1. The lowest BCUT2D eigenvalue weighted by atomic mass is 9.96. The van der Waals surface area contributed by atoms with E-state index < -0.39 is 17.6 Å². The summed E-state index contributed by atoms with van der Waals surface area (Å²) in [6, 6.07) is 48.6. The van der Waals surface area contributed by atoms with Crippen LogP contribution in [0.25, 0.3) is 39.5 Å². The summed E-state index contributed by atoms with van der Waals surface area (Å²) in [6.45, 7) is 18.2. The van der Waals surface area contributed by atoms with E-state index in [9.17, 15) is 41.9 Å². The third-order valence-electron chi connectivity index (χ3n) is 22.9. The summed E-state index contributed by atoms with van der Waals surface area (Å²) in [5.41, 5.74) is 23.4. The second-order valence-electron chi connectivity index (χ2n) is 32.5. The number of para-hydroxylation sites is 1. The van der Waals surface area contributed by atoms with E-state index in [-0.39, 0.29) is 53.3 Å². The predicted octanol–water partition coefficient (Wildman–Crippen LogP) is 18.2. The Morgan fingerprint density at radius 2 is 1.44 bits per heavy atom. The van der Waals surface area contributed by atoms with Crippen LogP contribution in [0.5, 0.6) is 17.2 Å². The topological polar surface area (TPSA) is 281 Å². The van der Waals surface area contributed by atoms with Crippen LogP contribution in [0.2, 0.25) is 5.02 Å². The number of halogens is 4. The van der Waals surface area contributed by atoms with Crippen LogP contribution < -0.4 is 31.2 Å². The van der Waals surface area contributed by atoms with Gasteiger partial charge in [0.2, 0.25) is 0 Å². The van der Waals surface area contributed by atoms with E-state index in [1.807, 2.05) is 130 Å². The normalized spacial score (nSPS) is 14.4. The molecule has 13 aromatic rings. The number of hydrogen-bond donors (Lipinski definition) is 5. The highest BCUT2D eigenvalue weighted by Gasteiger charge is 2.35. The van der Waals surface area contributed by atoms with E-state index in [0.717, 1.165) is 157 Å².